The average molecular weight is 239 g/mol. The van der Waals surface area contributed by atoms with Crippen molar-refractivity contribution in [3.05, 3.63) is 11.8 Å². The highest BCUT2D eigenvalue weighted by atomic mass is 16.1. The summed E-state index contributed by atoms with van der Waals surface area (Å²) in [6.07, 6.45) is 0.919. The number of carbonyl (C=O) groups excluding carboxylic acids is 1. The second kappa shape index (κ2) is 6.24. The second-order valence-electron chi connectivity index (χ2n) is 4.18. The van der Waals surface area contributed by atoms with Crippen LogP contribution in [0.3, 0.4) is 0 Å². The normalized spacial score (nSPS) is 10.8. The Morgan fingerprint density at radius 2 is 2.29 bits per heavy atom. The summed E-state index contributed by atoms with van der Waals surface area (Å²) < 4.78 is 1.61. The van der Waals surface area contributed by atoms with Crippen LogP contribution in [-0.4, -0.2) is 47.8 Å². The lowest BCUT2D eigenvalue weighted by molar-refractivity contribution is 0.0946. The van der Waals surface area contributed by atoms with Gasteiger partial charge in [-0.2, -0.15) is 5.10 Å². The molecule has 6 heteroatoms. The minimum atomic E-state index is -0.164. The van der Waals surface area contributed by atoms with Crippen LogP contribution in [0.5, 0.6) is 0 Å². The highest BCUT2D eigenvalue weighted by Gasteiger charge is 2.11. The summed E-state index contributed by atoms with van der Waals surface area (Å²) in [5.74, 6) is 0.355. The summed E-state index contributed by atoms with van der Waals surface area (Å²) in [7, 11) is 4.01. The van der Waals surface area contributed by atoms with Gasteiger partial charge in [0.2, 0.25) is 0 Å². The lowest BCUT2D eigenvalue weighted by Gasteiger charge is -2.09. The van der Waals surface area contributed by atoms with E-state index in [-0.39, 0.29) is 5.91 Å². The van der Waals surface area contributed by atoms with Crippen LogP contribution in [0.4, 0.5) is 5.82 Å². The molecule has 1 rings (SSSR count). The highest BCUT2D eigenvalue weighted by Crippen LogP contribution is 2.05. The summed E-state index contributed by atoms with van der Waals surface area (Å²) in [5.41, 5.74) is 6.08. The van der Waals surface area contributed by atoms with Crippen molar-refractivity contribution in [2.24, 2.45) is 0 Å². The minimum absolute atomic E-state index is 0.164. The summed E-state index contributed by atoms with van der Waals surface area (Å²) in [5, 5.41) is 6.93. The third-order valence-corrected chi connectivity index (χ3v) is 2.41. The fraction of sp³-hybridized carbons (Fsp3) is 0.636. The Morgan fingerprint density at radius 3 is 2.82 bits per heavy atom. The third-order valence-electron chi connectivity index (χ3n) is 2.41. The van der Waals surface area contributed by atoms with E-state index in [0.717, 1.165) is 13.0 Å². The fourth-order valence-corrected chi connectivity index (χ4v) is 1.48. The van der Waals surface area contributed by atoms with Crippen LogP contribution >= 0.6 is 0 Å². The topological polar surface area (TPSA) is 76.2 Å². The number of nitrogens with one attached hydrogen (secondary N) is 1. The first-order valence-electron chi connectivity index (χ1n) is 5.80. The number of aryl methyl sites for hydroxylation is 1. The number of nitrogen functional groups attached to an aromatic ring is 1. The molecule has 0 saturated carbocycles. The van der Waals surface area contributed by atoms with Gasteiger partial charge in [-0.15, -0.1) is 0 Å². The quantitative estimate of drug-likeness (QED) is 0.694. The largest absolute Gasteiger partial charge is 0.384 e. The van der Waals surface area contributed by atoms with Crippen LogP contribution in [0, 0.1) is 0 Å². The molecule has 0 atom stereocenters. The maximum absolute atomic E-state index is 11.7. The van der Waals surface area contributed by atoms with Crippen LogP contribution in [0.25, 0.3) is 0 Å². The van der Waals surface area contributed by atoms with E-state index in [1.807, 2.05) is 21.0 Å². The molecule has 17 heavy (non-hydrogen) atoms. The van der Waals surface area contributed by atoms with Gasteiger partial charge in [-0.3, -0.25) is 4.79 Å². The lowest BCUT2D eigenvalue weighted by Crippen LogP contribution is -2.27. The first-order valence-corrected chi connectivity index (χ1v) is 5.80. The Hall–Kier alpha value is -1.56. The number of aromatic nitrogens is 2. The van der Waals surface area contributed by atoms with E-state index in [1.165, 1.54) is 0 Å². The molecule has 0 radical (unpaired) electrons. The molecule has 0 saturated heterocycles. The Balaban J connectivity index is 2.41. The fourth-order valence-electron chi connectivity index (χ4n) is 1.48. The van der Waals surface area contributed by atoms with Gasteiger partial charge in [0.05, 0.1) is 0 Å². The molecule has 6 nitrogen and oxygen atoms in total. The molecule has 0 unspecified atom stereocenters. The van der Waals surface area contributed by atoms with Crippen LogP contribution in [-0.2, 0) is 6.54 Å². The number of hydrogen-bond donors (Lipinski definition) is 2. The first-order chi connectivity index (χ1) is 8.04. The van der Waals surface area contributed by atoms with Gasteiger partial charge < -0.3 is 16.0 Å². The molecule has 1 aromatic rings. The molecule has 0 aliphatic heterocycles. The lowest BCUT2D eigenvalue weighted by atomic mass is 10.3. The number of nitrogens with zero attached hydrogens (tertiary/aromatic N) is 3. The first kappa shape index (κ1) is 13.5. The van der Waals surface area contributed by atoms with Gasteiger partial charge in [0.15, 0.2) is 5.69 Å². The van der Waals surface area contributed by atoms with E-state index in [9.17, 15) is 4.79 Å². The zero-order valence-corrected chi connectivity index (χ0v) is 10.7. The molecule has 0 aromatic carbocycles. The second-order valence-corrected chi connectivity index (χ2v) is 4.18. The Kier molecular flexibility index (Phi) is 4.96. The number of hydrogen-bond acceptors (Lipinski definition) is 4. The Morgan fingerprint density at radius 1 is 1.59 bits per heavy atom. The Labute approximate surface area is 102 Å². The molecule has 0 aliphatic carbocycles. The summed E-state index contributed by atoms with van der Waals surface area (Å²) in [6.45, 7) is 4.20. The van der Waals surface area contributed by atoms with E-state index in [0.29, 0.717) is 24.6 Å². The van der Waals surface area contributed by atoms with Gasteiger partial charge in [0.1, 0.15) is 5.82 Å². The number of nitrogens with two attached hydrogens (primary N) is 1. The van der Waals surface area contributed by atoms with Crippen molar-refractivity contribution in [3.8, 4) is 0 Å². The standard InChI is InChI=1S/C11H21N5O/c1-4-16-10(12)8-9(14-16)11(17)13-6-5-7-15(2)3/h8H,4-7,12H2,1-3H3,(H,13,17). The zero-order valence-electron chi connectivity index (χ0n) is 10.7. The van der Waals surface area contributed by atoms with Gasteiger partial charge in [0, 0.05) is 19.2 Å². The molecule has 1 amide bonds. The smallest absolute Gasteiger partial charge is 0.271 e. The van der Waals surface area contributed by atoms with Gasteiger partial charge in [0.25, 0.3) is 5.91 Å². The number of rotatable bonds is 6. The van der Waals surface area contributed by atoms with Crippen molar-refractivity contribution >= 4 is 11.7 Å². The van der Waals surface area contributed by atoms with Crippen molar-refractivity contribution in [1.29, 1.82) is 0 Å². The van der Waals surface area contributed by atoms with E-state index in [1.54, 1.807) is 10.7 Å². The van der Waals surface area contributed by atoms with E-state index in [2.05, 4.69) is 15.3 Å². The van der Waals surface area contributed by atoms with Crippen LogP contribution < -0.4 is 11.1 Å². The van der Waals surface area contributed by atoms with Crippen LogP contribution in [0.15, 0.2) is 6.07 Å². The molecule has 0 fully saturated rings. The third kappa shape index (κ3) is 4.07. The zero-order chi connectivity index (χ0) is 12.8. The molecule has 96 valence electrons. The number of amides is 1. The molecule has 0 bridgehead atoms. The van der Waals surface area contributed by atoms with E-state index >= 15 is 0 Å². The SMILES string of the molecule is CCn1nc(C(=O)NCCCN(C)C)cc1N. The highest BCUT2D eigenvalue weighted by molar-refractivity contribution is 5.92. The van der Waals surface area contributed by atoms with Gasteiger partial charge in [-0.25, -0.2) is 4.68 Å². The van der Waals surface area contributed by atoms with Crippen molar-refractivity contribution in [1.82, 2.24) is 20.0 Å². The van der Waals surface area contributed by atoms with Crippen LogP contribution in [0.2, 0.25) is 0 Å². The van der Waals surface area contributed by atoms with E-state index in [4.69, 9.17) is 5.73 Å². The number of anilines is 1. The average Bonchev–Trinajstić information content (AvgIpc) is 2.65. The summed E-state index contributed by atoms with van der Waals surface area (Å²) in [6, 6.07) is 1.60. The van der Waals surface area contributed by atoms with Gasteiger partial charge in [-0.1, -0.05) is 0 Å². The van der Waals surface area contributed by atoms with Gasteiger partial charge >= 0.3 is 0 Å². The van der Waals surface area contributed by atoms with E-state index < -0.39 is 0 Å². The summed E-state index contributed by atoms with van der Waals surface area (Å²) in [4.78, 5) is 13.8. The molecule has 0 spiro atoms. The van der Waals surface area contributed by atoms with Gasteiger partial charge in [-0.05, 0) is 34.0 Å². The minimum Gasteiger partial charge on any atom is -0.384 e. The maximum Gasteiger partial charge on any atom is 0.271 e. The van der Waals surface area contributed by atoms with Crippen molar-refractivity contribution in [2.75, 3.05) is 32.9 Å². The summed E-state index contributed by atoms with van der Waals surface area (Å²) >= 11 is 0. The molecule has 0 aliphatic rings. The van der Waals surface area contributed by atoms with Crippen molar-refractivity contribution in [3.63, 3.8) is 0 Å². The van der Waals surface area contributed by atoms with Crippen molar-refractivity contribution < 1.29 is 4.79 Å². The predicted molar refractivity (Wildman–Crippen MR) is 67.8 cm³/mol. The predicted octanol–water partition coefficient (Wildman–Crippen LogP) is 0.167. The Bertz CT molecular complexity index is 372. The van der Waals surface area contributed by atoms with Crippen molar-refractivity contribution in [2.45, 2.75) is 19.9 Å². The molecule has 1 heterocycles. The molecule has 1 aromatic heterocycles. The number of carbonyl (C=O) groups is 1. The van der Waals surface area contributed by atoms with Crippen LogP contribution in [0.1, 0.15) is 23.8 Å². The maximum atomic E-state index is 11.7. The molecule has 3 N–H and O–H groups in total. The molecular weight excluding hydrogens is 218 g/mol. The molecular formula is C11H21N5O. The monoisotopic (exact) mass is 239 g/mol.